The molecule has 0 aliphatic carbocycles. The first-order valence-electron chi connectivity index (χ1n) is 5.43. The van der Waals surface area contributed by atoms with Crippen molar-refractivity contribution < 1.29 is 14.3 Å². The maximum Gasteiger partial charge on any atom is 0.509 e. The van der Waals surface area contributed by atoms with Gasteiger partial charge in [-0.15, -0.1) is 0 Å². The standard InChI is InChI=1S/C13H18O3/c1-4-13(2,3)16-12(14)15-10-11-8-6-5-7-9-11/h5-9H,4,10H2,1-3H3. The van der Waals surface area contributed by atoms with Crippen LogP contribution in [0.4, 0.5) is 4.79 Å². The molecule has 0 fully saturated rings. The first-order valence-corrected chi connectivity index (χ1v) is 5.43. The summed E-state index contributed by atoms with van der Waals surface area (Å²) in [5.41, 5.74) is 0.488. The van der Waals surface area contributed by atoms with Gasteiger partial charge in [-0.05, 0) is 25.8 Å². The van der Waals surface area contributed by atoms with Gasteiger partial charge in [-0.2, -0.15) is 0 Å². The summed E-state index contributed by atoms with van der Waals surface area (Å²) >= 11 is 0. The third kappa shape index (κ3) is 4.34. The van der Waals surface area contributed by atoms with Crippen molar-refractivity contribution in [3.63, 3.8) is 0 Å². The van der Waals surface area contributed by atoms with Crippen molar-refractivity contribution in [1.29, 1.82) is 0 Å². The van der Waals surface area contributed by atoms with Crippen molar-refractivity contribution in [3.8, 4) is 0 Å². The van der Waals surface area contributed by atoms with E-state index in [1.54, 1.807) is 0 Å². The summed E-state index contributed by atoms with van der Waals surface area (Å²) in [5, 5.41) is 0. The highest BCUT2D eigenvalue weighted by Gasteiger charge is 2.21. The summed E-state index contributed by atoms with van der Waals surface area (Å²) in [7, 11) is 0. The summed E-state index contributed by atoms with van der Waals surface area (Å²) in [5.74, 6) is 0. The molecule has 16 heavy (non-hydrogen) atoms. The highest BCUT2D eigenvalue weighted by atomic mass is 16.7. The van der Waals surface area contributed by atoms with Crippen LogP contribution in [0.2, 0.25) is 0 Å². The van der Waals surface area contributed by atoms with Crippen LogP contribution in [0.3, 0.4) is 0 Å². The van der Waals surface area contributed by atoms with E-state index in [-0.39, 0.29) is 6.61 Å². The van der Waals surface area contributed by atoms with Gasteiger partial charge in [0, 0.05) is 0 Å². The normalized spacial score (nSPS) is 10.9. The lowest BCUT2D eigenvalue weighted by atomic mass is 10.1. The fraction of sp³-hybridized carbons (Fsp3) is 0.462. The molecule has 0 saturated carbocycles. The maximum absolute atomic E-state index is 11.3. The minimum absolute atomic E-state index is 0.249. The van der Waals surface area contributed by atoms with E-state index in [0.29, 0.717) is 0 Å². The second kappa shape index (κ2) is 5.54. The van der Waals surface area contributed by atoms with E-state index >= 15 is 0 Å². The van der Waals surface area contributed by atoms with Crippen LogP contribution in [0, 0.1) is 0 Å². The van der Waals surface area contributed by atoms with Gasteiger partial charge in [0.2, 0.25) is 0 Å². The molecule has 0 aromatic heterocycles. The van der Waals surface area contributed by atoms with Gasteiger partial charge < -0.3 is 9.47 Å². The Balaban J connectivity index is 2.36. The Morgan fingerprint density at radius 3 is 2.44 bits per heavy atom. The van der Waals surface area contributed by atoms with Gasteiger partial charge >= 0.3 is 6.16 Å². The SMILES string of the molecule is CCC(C)(C)OC(=O)OCc1ccccc1. The van der Waals surface area contributed by atoms with E-state index in [9.17, 15) is 4.79 Å². The van der Waals surface area contributed by atoms with Crippen LogP contribution < -0.4 is 0 Å². The molecule has 3 nitrogen and oxygen atoms in total. The Morgan fingerprint density at radius 1 is 1.25 bits per heavy atom. The molecule has 0 atom stereocenters. The first-order chi connectivity index (χ1) is 7.53. The van der Waals surface area contributed by atoms with E-state index in [4.69, 9.17) is 9.47 Å². The lowest BCUT2D eigenvalue weighted by Crippen LogP contribution is -2.27. The van der Waals surface area contributed by atoms with Crippen molar-refractivity contribution in [2.75, 3.05) is 0 Å². The average Bonchev–Trinajstić information content (AvgIpc) is 2.27. The van der Waals surface area contributed by atoms with Crippen LogP contribution in [0.1, 0.15) is 32.8 Å². The summed E-state index contributed by atoms with van der Waals surface area (Å²) in [6.07, 6.45) is 0.142. The second-order valence-electron chi connectivity index (χ2n) is 4.24. The van der Waals surface area contributed by atoms with Crippen LogP contribution in [0.15, 0.2) is 30.3 Å². The lowest BCUT2D eigenvalue weighted by molar-refractivity contribution is -0.0213. The third-order valence-corrected chi connectivity index (χ3v) is 2.41. The highest BCUT2D eigenvalue weighted by Crippen LogP contribution is 2.14. The second-order valence-corrected chi connectivity index (χ2v) is 4.24. The molecule has 1 rings (SSSR count). The van der Waals surface area contributed by atoms with Crippen LogP contribution in [0.25, 0.3) is 0 Å². The van der Waals surface area contributed by atoms with E-state index in [0.717, 1.165) is 12.0 Å². The molecule has 0 bridgehead atoms. The molecule has 1 aromatic rings. The number of hydrogen-bond donors (Lipinski definition) is 0. The number of carbonyl (C=O) groups is 1. The molecular formula is C13H18O3. The lowest BCUT2D eigenvalue weighted by Gasteiger charge is -2.22. The smallest absolute Gasteiger partial charge is 0.429 e. The number of benzene rings is 1. The molecule has 0 aliphatic heterocycles. The molecule has 88 valence electrons. The maximum atomic E-state index is 11.3. The molecule has 0 radical (unpaired) electrons. The largest absolute Gasteiger partial charge is 0.509 e. The molecule has 0 aliphatic rings. The topological polar surface area (TPSA) is 35.5 Å². The van der Waals surface area contributed by atoms with E-state index < -0.39 is 11.8 Å². The zero-order chi connectivity index (χ0) is 12.0. The number of hydrogen-bond acceptors (Lipinski definition) is 3. The van der Waals surface area contributed by atoms with Gasteiger partial charge in [0.1, 0.15) is 12.2 Å². The van der Waals surface area contributed by atoms with Crippen LogP contribution in [-0.4, -0.2) is 11.8 Å². The molecule has 0 N–H and O–H groups in total. The average molecular weight is 222 g/mol. The summed E-state index contributed by atoms with van der Waals surface area (Å²) in [4.78, 5) is 11.3. The summed E-state index contributed by atoms with van der Waals surface area (Å²) < 4.78 is 10.2. The van der Waals surface area contributed by atoms with Crippen molar-refractivity contribution in [1.82, 2.24) is 0 Å². The Hall–Kier alpha value is -1.51. The minimum atomic E-state index is -0.615. The zero-order valence-electron chi connectivity index (χ0n) is 10.0. The molecule has 0 amide bonds. The Labute approximate surface area is 96.4 Å². The number of ether oxygens (including phenoxy) is 2. The number of rotatable bonds is 4. The van der Waals surface area contributed by atoms with Gasteiger partial charge in [-0.1, -0.05) is 37.3 Å². The summed E-state index contributed by atoms with van der Waals surface area (Å²) in [6, 6.07) is 9.53. The quantitative estimate of drug-likeness (QED) is 0.731. The van der Waals surface area contributed by atoms with E-state index in [1.807, 2.05) is 51.1 Å². The van der Waals surface area contributed by atoms with E-state index in [2.05, 4.69) is 0 Å². The summed E-state index contributed by atoms with van der Waals surface area (Å²) in [6.45, 7) is 5.93. The fourth-order valence-electron chi connectivity index (χ4n) is 1.04. The predicted octanol–water partition coefficient (Wildman–Crippen LogP) is 3.53. The molecule has 1 aromatic carbocycles. The van der Waals surface area contributed by atoms with Crippen LogP contribution >= 0.6 is 0 Å². The Bertz CT molecular complexity index is 330. The van der Waals surface area contributed by atoms with Crippen LogP contribution in [0.5, 0.6) is 0 Å². The van der Waals surface area contributed by atoms with Crippen molar-refractivity contribution in [3.05, 3.63) is 35.9 Å². The van der Waals surface area contributed by atoms with Crippen molar-refractivity contribution in [2.45, 2.75) is 39.4 Å². The third-order valence-electron chi connectivity index (χ3n) is 2.41. The fourth-order valence-corrected chi connectivity index (χ4v) is 1.04. The Morgan fingerprint density at radius 2 is 1.88 bits per heavy atom. The molecule has 0 heterocycles. The predicted molar refractivity (Wildman–Crippen MR) is 62.1 cm³/mol. The minimum Gasteiger partial charge on any atom is -0.429 e. The van der Waals surface area contributed by atoms with Gasteiger partial charge in [0.25, 0.3) is 0 Å². The zero-order valence-corrected chi connectivity index (χ0v) is 10.0. The number of carbonyl (C=O) groups excluding carboxylic acids is 1. The molecule has 0 spiro atoms. The molecule has 3 heteroatoms. The highest BCUT2D eigenvalue weighted by molar-refractivity contribution is 5.60. The van der Waals surface area contributed by atoms with E-state index in [1.165, 1.54) is 0 Å². The van der Waals surface area contributed by atoms with Gasteiger partial charge in [-0.25, -0.2) is 4.79 Å². The molecule has 0 saturated heterocycles. The first kappa shape index (κ1) is 12.6. The Kier molecular flexibility index (Phi) is 4.35. The van der Waals surface area contributed by atoms with Crippen molar-refractivity contribution in [2.24, 2.45) is 0 Å². The van der Waals surface area contributed by atoms with Gasteiger partial charge in [0.15, 0.2) is 0 Å². The molecular weight excluding hydrogens is 204 g/mol. The monoisotopic (exact) mass is 222 g/mol. The van der Waals surface area contributed by atoms with Crippen LogP contribution in [-0.2, 0) is 16.1 Å². The van der Waals surface area contributed by atoms with Gasteiger partial charge in [0.05, 0.1) is 0 Å². The van der Waals surface area contributed by atoms with Gasteiger partial charge in [-0.3, -0.25) is 0 Å². The van der Waals surface area contributed by atoms with Crippen molar-refractivity contribution >= 4 is 6.16 Å². The molecule has 0 unspecified atom stereocenters.